The number of methoxy groups -OCH3 is 2. The SMILES string of the molecule is COc1cc(OC)cc(-c2nc(SCC(=O)N3CCCc4ccccc43)n[nH]2)c1. The van der Waals surface area contributed by atoms with E-state index in [0.29, 0.717) is 22.5 Å². The van der Waals surface area contributed by atoms with E-state index >= 15 is 0 Å². The Balaban J connectivity index is 1.45. The van der Waals surface area contributed by atoms with Crippen LogP contribution < -0.4 is 14.4 Å². The van der Waals surface area contributed by atoms with Gasteiger partial charge in [0.15, 0.2) is 5.82 Å². The third kappa shape index (κ3) is 4.22. The number of anilines is 1. The summed E-state index contributed by atoms with van der Waals surface area (Å²) in [4.78, 5) is 19.2. The second-order valence-corrected chi connectivity index (χ2v) is 7.58. The molecule has 0 unspecified atom stereocenters. The largest absolute Gasteiger partial charge is 0.497 e. The zero-order valence-electron chi connectivity index (χ0n) is 16.3. The number of hydrogen-bond donors (Lipinski definition) is 1. The van der Waals surface area contributed by atoms with Gasteiger partial charge in [0.05, 0.1) is 20.0 Å². The number of para-hydroxylation sites is 1. The molecule has 3 aromatic rings. The molecule has 0 bridgehead atoms. The van der Waals surface area contributed by atoms with Crippen LogP contribution in [0.25, 0.3) is 11.4 Å². The van der Waals surface area contributed by atoms with Crippen LogP contribution in [0.4, 0.5) is 5.69 Å². The number of fused-ring (bicyclic) bond motifs is 1. The molecule has 1 aliphatic rings. The van der Waals surface area contributed by atoms with Gasteiger partial charge in [-0.15, -0.1) is 5.10 Å². The molecule has 4 rings (SSSR count). The van der Waals surface area contributed by atoms with Gasteiger partial charge in [-0.1, -0.05) is 30.0 Å². The summed E-state index contributed by atoms with van der Waals surface area (Å²) in [6, 6.07) is 13.6. The molecule has 8 heteroatoms. The molecule has 0 fully saturated rings. The lowest BCUT2D eigenvalue weighted by Gasteiger charge is -2.29. The Kier molecular flexibility index (Phi) is 5.71. The standard InChI is InChI=1S/C21H22N4O3S/c1-27-16-10-15(11-17(12-16)28-2)20-22-21(24-23-20)29-13-19(26)25-9-5-7-14-6-3-4-8-18(14)25/h3-4,6,8,10-12H,5,7,9,13H2,1-2H3,(H,22,23,24). The van der Waals surface area contributed by atoms with E-state index in [2.05, 4.69) is 21.2 Å². The third-order valence-electron chi connectivity index (χ3n) is 4.83. The van der Waals surface area contributed by atoms with Crippen molar-refractivity contribution in [2.45, 2.75) is 18.0 Å². The van der Waals surface area contributed by atoms with Crippen LogP contribution in [0.15, 0.2) is 47.6 Å². The van der Waals surface area contributed by atoms with Gasteiger partial charge in [-0.25, -0.2) is 4.98 Å². The number of H-pyrrole nitrogens is 1. The number of hydrogen-bond acceptors (Lipinski definition) is 6. The molecule has 7 nitrogen and oxygen atoms in total. The van der Waals surface area contributed by atoms with Crippen molar-refractivity contribution in [3.05, 3.63) is 48.0 Å². The van der Waals surface area contributed by atoms with Gasteiger partial charge in [-0.3, -0.25) is 9.89 Å². The fourth-order valence-corrected chi connectivity index (χ4v) is 4.06. The lowest BCUT2D eigenvalue weighted by molar-refractivity contribution is -0.116. The number of aromatic amines is 1. The normalized spacial score (nSPS) is 13.1. The molecule has 1 aliphatic heterocycles. The Morgan fingerprint density at radius 2 is 1.93 bits per heavy atom. The maximum atomic E-state index is 12.8. The minimum Gasteiger partial charge on any atom is -0.497 e. The van der Waals surface area contributed by atoms with Crippen molar-refractivity contribution in [1.82, 2.24) is 15.2 Å². The summed E-state index contributed by atoms with van der Waals surface area (Å²) >= 11 is 1.33. The average molecular weight is 410 g/mol. The van der Waals surface area contributed by atoms with Gasteiger partial charge in [0.25, 0.3) is 0 Å². The molecular formula is C21H22N4O3S. The topological polar surface area (TPSA) is 80.3 Å². The fourth-order valence-electron chi connectivity index (χ4n) is 3.38. The molecule has 29 heavy (non-hydrogen) atoms. The molecule has 0 atom stereocenters. The minimum absolute atomic E-state index is 0.0662. The molecule has 0 saturated carbocycles. The maximum absolute atomic E-state index is 12.8. The first-order chi connectivity index (χ1) is 14.2. The number of carbonyl (C=O) groups excluding carboxylic acids is 1. The number of nitrogens with zero attached hydrogens (tertiary/aromatic N) is 3. The van der Waals surface area contributed by atoms with Crippen molar-refractivity contribution in [1.29, 1.82) is 0 Å². The van der Waals surface area contributed by atoms with Gasteiger partial charge in [0.2, 0.25) is 11.1 Å². The van der Waals surface area contributed by atoms with E-state index in [9.17, 15) is 4.79 Å². The van der Waals surface area contributed by atoms with Crippen molar-refractivity contribution < 1.29 is 14.3 Å². The Labute approximate surface area is 173 Å². The van der Waals surface area contributed by atoms with Gasteiger partial charge in [-0.2, -0.15) is 0 Å². The Bertz CT molecular complexity index is 998. The molecule has 0 aliphatic carbocycles. The van der Waals surface area contributed by atoms with Crippen LogP contribution in [0.2, 0.25) is 0 Å². The predicted octanol–water partition coefficient (Wildman–Crippen LogP) is 3.56. The smallest absolute Gasteiger partial charge is 0.237 e. The highest BCUT2D eigenvalue weighted by Crippen LogP contribution is 2.30. The molecule has 0 spiro atoms. The average Bonchev–Trinajstić information content (AvgIpc) is 3.25. The monoisotopic (exact) mass is 410 g/mol. The number of rotatable bonds is 6. The molecule has 0 radical (unpaired) electrons. The number of aromatic nitrogens is 3. The lowest BCUT2D eigenvalue weighted by atomic mass is 10.0. The van der Waals surface area contributed by atoms with Crippen LogP contribution in [0.1, 0.15) is 12.0 Å². The number of carbonyl (C=O) groups is 1. The van der Waals surface area contributed by atoms with Crippen LogP contribution in [-0.4, -0.2) is 47.6 Å². The highest BCUT2D eigenvalue weighted by atomic mass is 32.2. The molecule has 0 saturated heterocycles. The first kappa shape index (κ1) is 19.3. The Hall–Kier alpha value is -3.00. The highest BCUT2D eigenvalue weighted by molar-refractivity contribution is 7.99. The maximum Gasteiger partial charge on any atom is 0.237 e. The first-order valence-corrected chi connectivity index (χ1v) is 10.3. The number of amides is 1. The second-order valence-electron chi connectivity index (χ2n) is 6.63. The van der Waals surface area contributed by atoms with E-state index in [1.807, 2.05) is 35.2 Å². The highest BCUT2D eigenvalue weighted by Gasteiger charge is 2.22. The summed E-state index contributed by atoms with van der Waals surface area (Å²) in [6.07, 6.45) is 2.00. The third-order valence-corrected chi connectivity index (χ3v) is 5.66. The van der Waals surface area contributed by atoms with Gasteiger partial charge in [0, 0.05) is 23.9 Å². The fraction of sp³-hybridized carbons (Fsp3) is 0.286. The van der Waals surface area contributed by atoms with Crippen molar-refractivity contribution >= 4 is 23.4 Å². The van der Waals surface area contributed by atoms with Crippen molar-refractivity contribution in [2.75, 3.05) is 31.4 Å². The molecule has 1 N–H and O–H groups in total. The first-order valence-electron chi connectivity index (χ1n) is 9.35. The Morgan fingerprint density at radius 3 is 2.69 bits per heavy atom. The van der Waals surface area contributed by atoms with Gasteiger partial charge in [0.1, 0.15) is 11.5 Å². The van der Waals surface area contributed by atoms with E-state index in [0.717, 1.165) is 30.6 Å². The number of aryl methyl sites for hydroxylation is 1. The van der Waals surface area contributed by atoms with E-state index < -0.39 is 0 Å². The zero-order chi connectivity index (χ0) is 20.2. The van der Waals surface area contributed by atoms with Gasteiger partial charge in [-0.05, 0) is 36.6 Å². The van der Waals surface area contributed by atoms with E-state index in [-0.39, 0.29) is 11.7 Å². The molecule has 1 aromatic heterocycles. The number of benzene rings is 2. The summed E-state index contributed by atoms with van der Waals surface area (Å²) in [5.74, 6) is 2.29. The minimum atomic E-state index is 0.0662. The summed E-state index contributed by atoms with van der Waals surface area (Å²) in [6.45, 7) is 0.749. The molecule has 2 heterocycles. The van der Waals surface area contributed by atoms with Gasteiger partial charge < -0.3 is 14.4 Å². The zero-order valence-corrected chi connectivity index (χ0v) is 17.2. The van der Waals surface area contributed by atoms with Crippen LogP contribution >= 0.6 is 11.8 Å². The second kappa shape index (κ2) is 8.57. The van der Waals surface area contributed by atoms with Crippen molar-refractivity contribution in [2.24, 2.45) is 0 Å². The van der Waals surface area contributed by atoms with Crippen molar-refractivity contribution in [3.63, 3.8) is 0 Å². The summed E-state index contributed by atoms with van der Waals surface area (Å²) in [7, 11) is 3.20. The number of thioether (sulfide) groups is 1. The van der Waals surface area contributed by atoms with Crippen LogP contribution in [0.5, 0.6) is 11.5 Å². The molecule has 2 aromatic carbocycles. The van der Waals surface area contributed by atoms with Crippen LogP contribution in [-0.2, 0) is 11.2 Å². The molecule has 1 amide bonds. The number of nitrogens with one attached hydrogen (secondary N) is 1. The van der Waals surface area contributed by atoms with Gasteiger partial charge >= 0.3 is 0 Å². The van der Waals surface area contributed by atoms with Crippen LogP contribution in [0.3, 0.4) is 0 Å². The lowest BCUT2D eigenvalue weighted by Crippen LogP contribution is -2.36. The number of ether oxygens (including phenoxy) is 2. The Morgan fingerprint density at radius 1 is 1.17 bits per heavy atom. The predicted molar refractivity (Wildman–Crippen MR) is 113 cm³/mol. The quantitative estimate of drug-likeness (QED) is 0.626. The summed E-state index contributed by atoms with van der Waals surface area (Å²) in [5.41, 5.74) is 3.05. The summed E-state index contributed by atoms with van der Waals surface area (Å²) < 4.78 is 10.6. The summed E-state index contributed by atoms with van der Waals surface area (Å²) in [5, 5.41) is 7.69. The molecule has 150 valence electrons. The van der Waals surface area contributed by atoms with E-state index in [4.69, 9.17) is 9.47 Å². The van der Waals surface area contributed by atoms with Crippen LogP contribution in [0, 0.1) is 0 Å². The van der Waals surface area contributed by atoms with E-state index in [1.165, 1.54) is 17.3 Å². The van der Waals surface area contributed by atoms with E-state index in [1.54, 1.807) is 20.3 Å². The van der Waals surface area contributed by atoms with Crippen molar-refractivity contribution in [3.8, 4) is 22.9 Å². The molecular weight excluding hydrogens is 388 g/mol.